The van der Waals surface area contributed by atoms with Crippen LogP contribution in [-0.2, 0) is 0 Å². The number of benzene rings is 1. The quantitative estimate of drug-likeness (QED) is 0.727. The fourth-order valence-electron chi connectivity index (χ4n) is 2.06. The lowest BCUT2D eigenvalue weighted by atomic mass is 10.1. The number of hydrogen-bond acceptors (Lipinski definition) is 2. The van der Waals surface area contributed by atoms with Gasteiger partial charge in [-0.3, -0.25) is 5.10 Å². The lowest BCUT2D eigenvalue weighted by Gasteiger charge is -1.99. The largest absolute Gasteiger partial charge is 0.279 e. The van der Waals surface area contributed by atoms with Crippen LogP contribution in [0.25, 0.3) is 16.8 Å². The molecule has 2 aromatic heterocycles. The molecule has 5 heteroatoms. The molecule has 0 radical (unpaired) electrons. The van der Waals surface area contributed by atoms with Gasteiger partial charge in [0.05, 0.1) is 5.02 Å². The zero-order valence-corrected chi connectivity index (χ0v) is 10.4. The van der Waals surface area contributed by atoms with E-state index in [-0.39, 0.29) is 0 Å². The molecule has 1 N–H and O–H groups in total. The van der Waals surface area contributed by atoms with Crippen LogP contribution in [0.1, 0.15) is 11.5 Å². The SMILES string of the molecule is Cc1nc2c(Cl)c(-c3ccccc3)c(C#N)n2[nH]1. The molecule has 18 heavy (non-hydrogen) atoms. The number of nitrogens with one attached hydrogen (secondary N) is 1. The molecule has 0 atom stereocenters. The summed E-state index contributed by atoms with van der Waals surface area (Å²) in [6, 6.07) is 11.8. The van der Waals surface area contributed by atoms with Crippen LogP contribution in [0.4, 0.5) is 0 Å². The van der Waals surface area contributed by atoms with Gasteiger partial charge in [0.2, 0.25) is 0 Å². The Labute approximate surface area is 108 Å². The minimum Gasteiger partial charge on any atom is -0.279 e. The van der Waals surface area contributed by atoms with E-state index in [4.69, 9.17) is 11.6 Å². The lowest BCUT2D eigenvalue weighted by Crippen LogP contribution is -1.90. The van der Waals surface area contributed by atoms with E-state index in [9.17, 15) is 5.26 Å². The summed E-state index contributed by atoms with van der Waals surface area (Å²) in [5, 5.41) is 12.8. The highest BCUT2D eigenvalue weighted by molar-refractivity contribution is 6.36. The monoisotopic (exact) mass is 256 g/mol. The van der Waals surface area contributed by atoms with Gasteiger partial charge in [0, 0.05) is 5.56 Å². The summed E-state index contributed by atoms with van der Waals surface area (Å²) < 4.78 is 1.62. The van der Waals surface area contributed by atoms with Gasteiger partial charge in [0.15, 0.2) is 11.3 Å². The maximum Gasteiger partial charge on any atom is 0.174 e. The van der Waals surface area contributed by atoms with Crippen LogP contribution in [0.3, 0.4) is 0 Å². The van der Waals surface area contributed by atoms with E-state index in [0.29, 0.717) is 16.4 Å². The highest BCUT2D eigenvalue weighted by Crippen LogP contribution is 2.35. The summed E-state index contributed by atoms with van der Waals surface area (Å²) >= 11 is 6.33. The number of aromatic amines is 1. The van der Waals surface area contributed by atoms with Crippen LogP contribution >= 0.6 is 11.6 Å². The number of nitrogens with zero attached hydrogens (tertiary/aromatic N) is 3. The fourth-order valence-corrected chi connectivity index (χ4v) is 2.38. The van der Waals surface area contributed by atoms with Crippen LogP contribution in [-0.4, -0.2) is 14.6 Å². The molecular weight excluding hydrogens is 248 g/mol. The molecule has 3 aromatic rings. The zero-order chi connectivity index (χ0) is 12.7. The normalized spacial score (nSPS) is 10.7. The molecule has 0 amide bonds. The molecule has 0 unspecified atom stereocenters. The van der Waals surface area contributed by atoms with Crippen molar-refractivity contribution in [3.63, 3.8) is 0 Å². The van der Waals surface area contributed by atoms with Gasteiger partial charge >= 0.3 is 0 Å². The Morgan fingerprint density at radius 1 is 1.33 bits per heavy atom. The summed E-state index contributed by atoms with van der Waals surface area (Å²) in [5.41, 5.74) is 2.69. The van der Waals surface area contributed by atoms with Crippen molar-refractivity contribution in [3.05, 3.63) is 46.9 Å². The van der Waals surface area contributed by atoms with Gasteiger partial charge < -0.3 is 0 Å². The number of rotatable bonds is 1. The van der Waals surface area contributed by atoms with E-state index in [1.54, 1.807) is 4.52 Å². The van der Waals surface area contributed by atoms with Gasteiger partial charge in [-0.15, -0.1) is 0 Å². The van der Waals surface area contributed by atoms with Crippen molar-refractivity contribution in [3.8, 4) is 17.2 Å². The van der Waals surface area contributed by atoms with Crippen molar-refractivity contribution < 1.29 is 0 Å². The third kappa shape index (κ3) is 1.41. The molecule has 3 rings (SSSR count). The van der Waals surface area contributed by atoms with Gasteiger partial charge in [-0.2, -0.15) is 5.26 Å². The predicted molar refractivity (Wildman–Crippen MR) is 69.4 cm³/mol. The first-order valence-corrected chi connectivity index (χ1v) is 5.82. The summed E-state index contributed by atoms with van der Waals surface area (Å²) in [6.45, 7) is 1.83. The Balaban J connectivity index is 2.40. The van der Waals surface area contributed by atoms with E-state index in [2.05, 4.69) is 16.2 Å². The first kappa shape index (κ1) is 10.9. The summed E-state index contributed by atoms with van der Waals surface area (Å²) in [4.78, 5) is 4.29. The topological polar surface area (TPSA) is 56.9 Å². The van der Waals surface area contributed by atoms with E-state index >= 15 is 0 Å². The first-order valence-electron chi connectivity index (χ1n) is 5.44. The number of nitriles is 1. The minimum atomic E-state index is 0.474. The molecule has 0 saturated carbocycles. The highest BCUT2D eigenvalue weighted by atomic mass is 35.5. The molecule has 0 saturated heterocycles. The van der Waals surface area contributed by atoms with Crippen LogP contribution < -0.4 is 0 Å². The molecule has 2 heterocycles. The Bertz CT molecular complexity index is 762. The van der Waals surface area contributed by atoms with E-state index in [1.165, 1.54) is 0 Å². The van der Waals surface area contributed by atoms with Crippen molar-refractivity contribution in [2.75, 3.05) is 0 Å². The third-order valence-electron chi connectivity index (χ3n) is 2.80. The maximum absolute atomic E-state index is 9.32. The van der Waals surface area contributed by atoms with Gasteiger partial charge in [-0.05, 0) is 12.5 Å². The number of hydrogen-bond donors (Lipinski definition) is 1. The Kier molecular flexibility index (Phi) is 2.35. The zero-order valence-electron chi connectivity index (χ0n) is 9.61. The molecule has 88 valence electrons. The van der Waals surface area contributed by atoms with Crippen molar-refractivity contribution in [2.24, 2.45) is 0 Å². The van der Waals surface area contributed by atoms with Crippen LogP contribution in [0.15, 0.2) is 30.3 Å². The van der Waals surface area contributed by atoms with Crippen LogP contribution in [0.2, 0.25) is 5.02 Å². The fraction of sp³-hybridized carbons (Fsp3) is 0.0769. The molecule has 0 aliphatic carbocycles. The maximum atomic E-state index is 9.32. The van der Waals surface area contributed by atoms with Crippen molar-refractivity contribution in [1.29, 1.82) is 5.26 Å². The molecule has 0 spiro atoms. The third-order valence-corrected chi connectivity index (χ3v) is 3.16. The number of halogens is 1. The molecule has 1 aromatic carbocycles. The molecule has 0 aliphatic heterocycles. The minimum absolute atomic E-state index is 0.474. The molecule has 0 aliphatic rings. The molecule has 4 nitrogen and oxygen atoms in total. The van der Waals surface area contributed by atoms with Gasteiger partial charge in [-0.1, -0.05) is 41.9 Å². The average Bonchev–Trinajstić information content (AvgIpc) is 2.87. The number of aryl methyl sites for hydroxylation is 1. The second-order valence-electron chi connectivity index (χ2n) is 3.98. The second kappa shape index (κ2) is 3.90. The van der Waals surface area contributed by atoms with Gasteiger partial charge in [0.25, 0.3) is 0 Å². The highest BCUT2D eigenvalue weighted by Gasteiger charge is 2.20. The summed E-state index contributed by atoms with van der Waals surface area (Å²) in [7, 11) is 0. The molecular formula is C13H9ClN4. The van der Waals surface area contributed by atoms with E-state index < -0.39 is 0 Å². The number of fused-ring (bicyclic) bond motifs is 1. The van der Waals surface area contributed by atoms with E-state index in [0.717, 1.165) is 17.0 Å². The molecule has 0 bridgehead atoms. The van der Waals surface area contributed by atoms with Crippen LogP contribution in [0.5, 0.6) is 0 Å². The Morgan fingerprint density at radius 2 is 2.06 bits per heavy atom. The average molecular weight is 257 g/mol. The standard InChI is InChI=1S/C13H9ClN4/c1-8-16-13-12(14)11(9-5-3-2-4-6-9)10(7-15)18(13)17-8/h2-6H,1H3,(H,16,17). The lowest BCUT2D eigenvalue weighted by molar-refractivity contribution is 0.927. The summed E-state index contributed by atoms with van der Waals surface area (Å²) in [5.74, 6) is 0.725. The number of H-pyrrole nitrogens is 1. The smallest absolute Gasteiger partial charge is 0.174 e. The van der Waals surface area contributed by atoms with Gasteiger partial charge in [0.1, 0.15) is 11.9 Å². The Hall–Kier alpha value is -2.25. The van der Waals surface area contributed by atoms with Crippen molar-refractivity contribution in [1.82, 2.24) is 14.6 Å². The Morgan fingerprint density at radius 3 is 2.72 bits per heavy atom. The van der Waals surface area contributed by atoms with Crippen LogP contribution in [0, 0.1) is 18.3 Å². The van der Waals surface area contributed by atoms with E-state index in [1.807, 2.05) is 37.3 Å². The van der Waals surface area contributed by atoms with Crippen molar-refractivity contribution in [2.45, 2.75) is 6.92 Å². The van der Waals surface area contributed by atoms with Crippen molar-refractivity contribution >= 4 is 17.2 Å². The van der Waals surface area contributed by atoms with Gasteiger partial charge in [-0.25, -0.2) is 9.50 Å². The summed E-state index contributed by atoms with van der Waals surface area (Å²) in [6.07, 6.45) is 0. The second-order valence-corrected chi connectivity index (χ2v) is 4.36. The molecule has 0 fully saturated rings. The number of aromatic nitrogens is 3. The predicted octanol–water partition coefficient (Wildman–Crippen LogP) is 3.16. The first-order chi connectivity index (χ1) is 8.72.